The van der Waals surface area contributed by atoms with Gasteiger partial charge in [0.1, 0.15) is 0 Å². The van der Waals surface area contributed by atoms with E-state index in [0.29, 0.717) is 25.9 Å². The van der Waals surface area contributed by atoms with Gasteiger partial charge in [0.2, 0.25) is 5.91 Å². The number of allylic oxidation sites excluding steroid dienone is 6. The number of hydrogen-bond acceptors (Lipinski definition) is 5. The predicted octanol–water partition coefficient (Wildman–Crippen LogP) is 24.3. The molecule has 0 aliphatic carbocycles. The lowest BCUT2D eigenvalue weighted by Gasteiger charge is -2.22. The monoisotopic (exact) mass is 1150 g/mol. The lowest BCUT2D eigenvalue weighted by atomic mass is 10.0. The average molecular weight is 1150 g/mol. The van der Waals surface area contributed by atoms with Gasteiger partial charge in [-0.3, -0.25) is 9.59 Å². The number of carbonyl (C=O) groups is 2. The number of rotatable bonds is 70. The van der Waals surface area contributed by atoms with Crippen LogP contribution < -0.4 is 5.32 Å². The van der Waals surface area contributed by atoms with E-state index in [4.69, 9.17) is 4.74 Å². The van der Waals surface area contributed by atoms with E-state index in [-0.39, 0.29) is 18.5 Å². The van der Waals surface area contributed by atoms with E-state index in [0.717, 1.165) is 57.8 Å². The summed E-state index contributed by atoms with van der Waals surface area (Å²) < 4.78 is 5.50. The Labute approximate surface area is 513 Å². The maximum atomic E-state index is 12.6. The minimum Gasteiger partial charge on any atom is -0.466 e. The predicted molar refractivity (Wildman–Crippen MR) is 361 cm³/mol. The van der Waals surface area contributed by atoms with Crippen LogP contribution in [0.5, 0.6) is 0 Å². The van der Waals surface area contributed by atoms with Crippen LogP contribution in [0.1, 0.15) is 412 Å². The third kappa shape index (κ3) is 67.2. The van der Waals surface area contributed by atoms with E-state index >= 15 is 0 Å². The topological polar surface area (TPSA) is 95.9 Å². The molecule has 0 aliphatic heterocycles. The lowest BCUT2D eigenvalue weighted by molar-refractivity contribution is -0.143. The molecule has 0 spiro atoms. The Morgan fingerprint density at radius 3 is 0.939 bits per heavy atom. The summed E-state index contributed by atoms with van der Waals surface area (Å²) in [5, 5.41) is 23.4. The quantitative estimate of drug-likeness (QED) is 0.0320. The summed E-state index contributed by atoms with van der Waals surface area (Å²) in [5.41, 5.74) is 0. The van der Waals surface area contributed by atoms with Gasteiger partial charge in [-0.1, -0.05) is 352 Å². The standard InChI is InChI=1S/C76H145NO5/c1-3-5-7-9-11-13-15-17-19-21-23-24-25-27-30-33-36-40-44-48-52-56-60-64-68-74(79)73(72-78)77-75(80)69-65-61-57-53-49-45-41-37-34-31-28-26-29-32-35-39-43-47-51-55-59-63-67-71-82-76(81)70-66-62-58-54-50-46-42-38-22-20-18-16-14-12-10-8-6-4-2/h20,22,26,29,31,34,73-74,78-79H,3-19,21,23-25,27-28,30,32-33,35-72H2,1-2H3,(H,77,80)/b22-20-,29-26-,34-31-. The summed E-state index contributed by atoms with van der Waals surface area (Å²) in [6, 6.07) is -0.551. The van der Waals surface area contributed by atoms with Gasteiger partial charge in [-0.15, -0.1) is 0 Å². The highest BCUT2D eigenvalue weighted by atomic mass is 16.5. The van der Waals surface area contributed by atoms with Crippen molar-refractivity contribution in [2.45, 2.75) is 424 Å². The van der Waals surface area contributed by atoms with E-state index in [1.54, 1.807) is 0 Å². The molecule has 0 fully saturated rings. The van der Waals surface area contributed by atoms with Gasteiger partial charge < -0.3 is 20.3 Å². The van der Waals surface area contributed by atoms with Crippen LogP contribution in [0.4, 0.5) is 0 Å². The Kier molecular flexibility index (Phi) is 69.9. The number of aliphatic hydroxyl groups excluding tert-OH is 2. The van der Waals surface area contributed by atoms with Gasteiger partial charge in [-0.05, 0) is 83.5 Å². The highest BCUT2D eigenvalue weighted by molar-refractivity contribution is 5.76. The second kappa shape index (κ2) is 71.6. The zero-order valence-electron chi connectivity index (χ0n) is 55.5. The van der Waals surface area contributed by atoms with Gasteiger partial charge >= 0.3 is 5.97 Å². The maximum Gasteiger partial charge on any atom is 0.305 e. The van der Waals surface area contributed by atoms with Crippen molar-refractivity contribution in [2.75, 3.05) is 13.2 Å². The number of amides is 1. The summed E-state index contributed by atoms with van der Waals surface area (Å²) >= 11 is 0. The molecule has 0 rings (SSSR count). The molecule has 82 heavy (non-hydrogen) atoms. The third-order valence-electron chi connectivity index (χ3n) is 17.4. The summed E-state index contributed by atoms with van der Waals surface area (Å²) in [7, 11) is 0. The van der Waals surface area contributed by atoms with Crippen LogP contribution in [-0.4, -0.2) is 47.4 Å². The van der Waals surface area contributed by atoms with Crippen molar-refractivity contribution >= 4 is 11.9 Å². The van der Waals surface area contributed by atoms with Crippen molar-refractivity contribution in [3.8, 4) is 0 Å². The molecule has 1 amide bonds. The second-order valence-corrected chi connectivity index (χ2v) is 25.6. The molecule has 3 N–H and O–H groups in total. The maximum absolute atomic E-state index is 12.6. The molecule has 6 heteroatoms. The molecule has 0 aliphatic rings. The van der Waals surface area contributed by atoms with Crippen molar-refractivity contribution in [1.29, 1.82) is 0 Å². The van der Waals surface area contributed by atoms with Crippen molar-refractivity contribution in [3.63, 3.8) is 0 Å². The number of carbonyl (C=O) groups excluding carboxylic acids is 2. The Hall–Kier alpha value is -1.92. The van der Waals surface area contributed by atoms with Gasteiger partial charge in [0.15, 0.2) is 0 Å². The van der Waals surface area contributed by atoms with Gasteiger partial charge in [-0.2, -0.15) is 0 Å². The molecule has 0 saturated carbocycles. The summed E-state index contributed by atoms with van der Waals surface area (Å²) in [6.45, 7) is 4.98. The fourth-order valence-electron chi connectivity index (χ4n) is 11.7. The van der Waals surface area contributed by atoms with Crippen LogP contribution in [0.15, 0.2) is 36.5 Å². The second-order valence-electron chi connectivity index (χ2n) is 25.6. The average Bonchev–Trinajstić information content (AvgIpc) is 3.48. The van der Waals surface area contributed by atoms with Crippen LogP contribution in [0.25, 0.3) is 0 Å². The normalized spacial score (nSPS) is 12.7. The van der Waals surface area contributed by atoms with Gasteiger partial charge in [-0.25, -0.2) is 0 Å². The minimum absolute atomic E-state index is 0.00505. The molecule has 0 saturated heterocycles. The number of nitrogens with one attached hydrogen (secondary N) is 1. The fourth-order valence-corrected chi connectivity index (χ4v) is 11.7. The number of hydrogen-bond donors (Lipinski definition) is 3. The minimum atomic E-state index is -0.673. The number of aliphatic hydroxyl groups is 2. The zero-order chi connectivity index (χ0) is 59.2. The van der Waals surface area contributed by atoms with Crippen LogP contribution in [0, 0.1) is 0 Å². The number of unbranched alkanes of at least 4 members (excludes halogenated alkanes) is 53. The molecule has 484 valence electrons. The molecule has 2 unspecified atom stereocenters. The highest BCUT2D eigenvalue weighted by Gasteiger charge is 2.20. The SMILES string of the molecule is CCCCCCCCC/C=C\CCCCCCCCCC(=O)OCCCCCCCCCCC/C=C\C/C=C\CCCCCCCCCC(=O)NC(CO)C(O)CCCCCCCCCCCCCCCCCCCCCCCCCC. The smallest absolute Gasteiger partial charge is 0.305 e. The lowest BCUT2D eigenvalue weighted by Crippen LogP contribution is -2.45. The number of esters is 1. The van der Waals surface area contributed by atoms with Gasteiger partial charge in [0, 0.05) is 12.8 Å². The first-order chi connectivity index (χ1) is 40.5. The van der Waals surface area contributed by atoms with Crippen molar-refractivity contribution < 1.29 is 24.5 Å². The largest absolute Gasteiger partial charge is 0.466 e. The van der Waals surface area contributed by atoms with Crippen molar-refractivity contribution in [3.05, 3.63) is 36.5 Å². The molecule has 6 nitrogen and oxygen atoms in total. The fraction of sp³-hybridized carbons (Fsp3) is 0.895. The highest BCUT2D eigenvalue weighted by Crippen LogP contribution is 2.19. The first-order valence-corrected chi connectivity index (χ1v) is 37.2. The molecule has 0 bridgehead atoms. The molecule has 2 atom stereocenters. The third-order valence-corrected chi connectivity index (χ3v) is 17.4. The van der Waals surface area contributed by atoms with E-state index in [9.17, 15) is 19.8 Å². The van der Waals surface area contributed by atoms with Crippen LogP contribution in [0.3, 0.4) is 0 Å². The number of ether oxygens (including phenoxy) is 1. The molecule has 0 heterocycles. The van der Waals surface area contributed by atoms with Crippen molar-refractivity contribution in [2.24, 2.45) is 0 Å². The summed E-state index contributed by atoms with van der Waals surface area (Å²) in [5.74, 6) is -0.0360. The molecule has 0 radical (unpaired) electrons. The Morgan fingerprint density at radius 1 is 0.341 bits per heavy atom. The summed E-state index contributed by atoms with van der Waals surface area (Å²) in [6.07, 6.45) is 92.0. The molecule has 0 aromatic rings. The van der Waals surface area contributed by atoms with Crippen LogP contribution in [0.2, 0.25) is 0 Å². The zero-order valence-corrected chi connectivity index (χ0v) is 55.5. The van der Waals surface area contributed by atoms with Gasteiger partial charge in [0.25, 0.3) is 0 Å². The summed E-state index contributed by atoms with van der Waals surface area (Å²) in [4.78, 5) is 24.7. The molecule has 0 aromatic carbocycles. The first-order valence-electron chi connectivity index (χ1n) is 37.2. The van der Waals surface area contributed by atoms with Crippen molar-refractivity contribution in [1.82, 2.24) is 5.32 Å². The van der Waals surface area contributed by atoms with E-state index < -0.39 is 12.1 Å². The van der Waals surface area contributed by atoms with E-state index in [1.165, 1.54) is 321 Å². The van der Waals surface area contributed by atoms with E-state index in [2.05, 4.69) is 55.6 Å². The Morgan fingerprint density at radius 2 is 0.610 bits per heavy atom. The molecule has 0 aromatic heterocycles. The van der Waals surface area contributed by atoms with E-state index in [1.807, 2.05) is 0 Å². The Balaban J connectivity index is 3.43. The first kappa shape index (κ1) is 80.1. The Bertz CT molecular complexity index is 1330. The molecular weight excluding hydrogens is 1010 g/mol. The van der Waals surface area contributed by atoms with Crippen LogP contribution >= 0.6 is 0 Å². The van der Waals surface area contributed by atoms with Crippen LogP contribution in [-0.2, 0) is 14.3 Å². The molecular formula is C76H145NO5. The van der Waals surface area contributed by atoms with Gasteiger partial charge in [0.05, 0.1) is 25.4 Å².